The lowest BCUT2D eigenvalue weighted by Crippen LogP contribution is -2.18. The molecule has 0 spiro atoms. The summed E-state index contributed by atoms with van der Waals surface area (Å²) in [5.41, 5.74) is 1.12. The molecule has 1 N–H and O–H groups in total. The number of benzene rings is 4. The highest BCUT2D eigenvalue weighted by Gasteiger charge is 2.29. The number of anilines is 1. The molecule has 2 aromatic heterocycles. The van der Waals surface area contributed by atoms with Gasteiger partial charge in [-0.25, -0.2) is 22.2 Å². The maximum atomic E-state index is 15.8. The van der Waals surface area contributed by atoms with E-state index in [2.05, 4.69) is 9.71 Å². The van der Waals surface area contributed by atoms with Crippen molar-refractivity contribution in [3.05, 3.63) is 141 Å². The lowest BCUT2D eigenvalue weighted by Gasteiger charge is -2.11. The molecule has 0 aliphatic rings. The molecule has 7 nitrogen and oxygen atoms in total. The van der Waals surface area contributed by atoms with Crippen LogP contribution in [0.15, 0.2) is 97.3 Å². The van der Waals surface area contributed by atoms with Gasteiger partial charge in [-0.15, -0.1) is 0 Å². The van der Waals surface area contributed by atoms with Crippen LogP contribution in [0.2, 0.25) is 15.1 Å². The van der Waals surface area contributed by atoms with Crippen LogP contribution in [0.3, 0.4) is 0 Å². The van der Waals surface area contributed by atoms with Gasteiger partial charge >= 0.3 is 0 Å². The summed E-state index contributed by atoms with van der Waals surface area (Å²) in [5.74, 6) is -4.85. The molecular weight excluding hydrogens is 715 g/mol. The number of sulfonamides is 1. The van der Waals surface area contributed by atoms with Gasteiger partial charge in [-0.1, -0.05) is 84.2 Å². The number of carbonyl (C=O) groups is 2. The van der Waals surface area contributed by atoms with E-state index in [4.69, 9.17) is 34.8 Å². The first kappa shape index (κ1) is 34.3. The van der Waals surface area contributed by atoms with Gasteiger partial charge in [-0.3, -0.25) is 18.9 Å². The van der Waals surface area contributed by atoms with Crippen molar-refractivity contribution in [3.8, 4) is 22.3 Å². The minimum absolute atomic E-state index is 0.00788. The summed E-state index contributed by atoms with van der Waals surface area (Å²) < 4.78 is 58.9. The van der Waals surface area contributed by atoms with Gasteiger partial charge in [0.2, 0.25) is 15.8 Å². The molecule has 0 bridgehead atoms. The fourth-order valence-electron chi connectivity index (χ4n) is 5.38. The Morgan fingerprint density at radius 2 is 1.41 bits per heavy atom. The van der Waals surface area contributed by atoms with E-state index in [0.717, 1.165) is 34.0 Å². The Morgan fingerprint density at radius 3 is 2.02 bits per heavy atom. The Hall–Kier alpha value is -4.61. The van der Waals surface area contributed by atoms with Crippen LogP contribution < -0.4 is 4.72 Å². The van der Waals surface area contributed by atoms with Crippen LogP contribution in [0.4, 0.5) is 14.5 Å². The van der Waals surface area contributed by atoms with E-state index < -0.39 is 44.6 Å². The zero-order chi connectivity index (χ0) is 35.0. The van der Waals surface area contributed by atoms with Gasteiger partial charge in [0.05, 0.1) is 38.2 Å². The second-order valence-electron chi connectivity index (χ2n) is 11.0. The first-order valence-electron chi connectivity index (χ1n) is 14.8. The Balaban J connectivity index is 1.50. The van der Waals surface area contributed by atoms with Crippen molar-refractivity contribution in [1.29, 1.82) is 0 Å². The molecule has 6 rings (SSSR count). The van der Waals surface area contributed by atoms with Gasteiger partial charge in [0, 0.05) is 28.4 Å². The molecule has 0 aliphatic heterocycles. The predicted octanol–water partition coefficient (Wildman–Crippen LogP) is 9.68. The largest absolute Gasteiger partial charge is 0.288 e. The SMILES string of the molecule is CCCS(=O)(=O)Nc1ccc(F)c(C(=O)c2cn(C(=O)c3c(Cl)cccc3Cl)c3ncc(-c4ccc(-c5ccc(Cl)cc5)cc4)cc23)c1F. The highest BCUT2D eigenvalue weighted by atomic mass is 35.5. The maximum Gasteiger partial charge on any atom is 0.266 e. The van der Waals surface area contributed by atoms with E-state index in [1.807, 2.05) is 36.4 Å². The second kappa shape index (κ2) is 13.7. The van der Waals surface area contributed by atoms with Crippen LogP contribution >= 0.6 is 34.8 Å². The van der Waals surface area contributed by atoms with Crippen LogP contribution in [0.5, 0.6) is 0 Å². The molecule has 2 heterocycles. The summed E-state index contributed by atoms with van der Waals surface area (Å²) in [6.45, 7) is 1.62. The van der Waals surface area contributed by atoms with Crippen molar-refractivity contribution in [3.63, 3.8) is 0 Å². The van der Waals surface area contributed by atoms with Gasteiger partial charge in [0.1, 0.15) is 11.5 Å². The number of ketones is 1. The van der Waals surface area contributed by atoms with Gasteiger partial charge in [0.15, 0.2) is 5.82 Å². The smallest absolute Gasteiger partial charge is 0.266 e. The minimum atomic E-state index is -3.98. The molecule has 0 fully saturated rings. The Labute approximate surface area is 295 Å². The Kier molecular flexibility index (Phi) is 9.59. The molecule has 6 aromatic rings. The van der Waals surface area contributed by atoms with Crippen LogP contribution in [0.1, 0.15) is 39.6 Å². The third-order valence-electron chi connectivity index (χ3n) is 7.74. The van der Waals surface area contributed by atoms with Crippen LogP contribution in [0.25, 0.3) is 33.3 Å². The van der Waals surface area contributed by atoms with Crippen molar-refractivity contribution >= 4 is 73.2 Å². The van der Waals surface area contributed by atoms with E-state index in [1.54, 1.807) is 31.2 Å². The van der Waals surface area contributed by atoms with Crippen LogP contribution in [0, 0.1) is 11.6 Å². The standard InChI is InChI=1S/C36H24Cl3F2N3O4S/c1-2-16-49(47,48)43-30-15-14-29(40)32(33(30)41)34(45)26-19-44(36(46)31-27(38)4-3-5-28(31)39)35-25(26)17-23(18-42-35)22-8-6-20(7-9-22)21-10-12-24(37)13-11-21/h3-15,17-19,43H,2,16H2,1H3. The summed E-state index contributed by atoms with van der Waals surface area (Å²) in [5, 5.41) is 0.774. The lowest BCUT2D eigenvalue weighted by molar-refractivity contribution is 0.0964. The van der Waals surface area contributed by atoms with E-state index in [0.29, 0.717) is 16.1 Å². The molecule has 4 aromatic carbocycles. The van der Waals surface area contributed by atoms with Crippen LogP contribution in [-0.2, 0) is 10.0 Å². The molecule has 49 heavy (non-hydrogen) atoms. The molecule has 0 unspecified atom stereocenters. The molecule has 0 saturated heterocycles. The average molecular weight is 739 g/mol. The van der Waals surface area contributed by atoms with E-state index >= 15 is 8.78 Å². The van der Waals surface area contributed by atoms with Crippen molar-refractivity contribution in [2.45, 2.75) is 13.3 Å². The van der Waals surface area contributed by atoms with Crippen molar-refractivity contribution in [2.24, 2.45) is 0 Å². The highest BCUT2D eigenvalue weighted by Crippen LogP contribution is 2.34. The van der Waals surface area contributed by atoms with Crippen molar-refractivity contribution in [1.82, 2.24) is 9.55 Å². The van der Waals surface area contributed by atoms with Gasteiger partial charge in [-0.2, -0.15) is 0 Å². The summed E-state index contributed by atoms with van der Waals surface area (Å²) in [6, 6.07) is 22.5. The quantitative estimate of drug-likeness (QED) is 0.149. The van der Waals surface area contributed by atoms with E-state index in [9.17, 15) is 18.0 Å². The summed E-state index contributed by atoms with van der Waals surface area (Å²) >= 11 is 18.7. The molecule has 248 valence electrons. The normalized spacial score (nSPS) is 11.6. The third-order valence-corrected chi connectivity index (χ3v) is 10.1. The number of fused-ring (bicyclic) bond motifs is 1. The topological polar surface area (TPSA) is 98.1 Å². The molecule has 13 heteroatoms. The number of hydrogen-bond acceptors (Lipinski definition) is 5. The number of rotatable bonds is 9. The zero-order valence-electron chi connectivity index (χ0n) is 25.5. The number of aromatic nitrogens is 2. The number of nitrogens with zero attached hydrogens (tertiary/aromatic N) is 2. The number of pyridine rings is 1. The van der Waals surface area contributed by atoms with E-state index in [-0.39, 0.29) is 44.4 Å². The third kappa shape index (κ3) is 6.82. The molecular formula is C36H24Cl3F2N3O4S. The number of halogens is 5. The molecule has 0 aliphatic carbocycles. The predicted molar refractivity (Wildman–Crippen MR) is 189 cm³/mol. The Morgan fingerprint density at radius 1 is 0.816 bits per heavy atom. The lowest BCUT2D eigenvalue weighted by atomic mass is 9.98. The maximum absolute atomic E-state index is 15.8. The summed E-state index contributed by atoms with van der Waals surface area (Å²) in [4.78, 5) is 32.4. The number of carbonyl (C=O) groups excluding carboxylic acids is 2. The second-order valence-corrected chi connectivity index (χ2v) is 14.1. The van der Waals surface area contributed by atoms with Gasteiger partial charge in [0.25, 0.3) is 5.91 Å². The highest BCUT2D eigenvalue weighted by molar-refractivity contribution is 7.92. The number of hydrogen-bond donors (Lipinski definition) is 1. The molecule has 0 amide bonds. The van der Waals surface area contributed by atoms with Crippen molar-refractivity contribution < 1.29 is 26.8 Å². The van der Waals surface area contributed by atoms with Crippen LogP contribution in [-0.4, -0.2) is 35.4 Å². The molecule has 0 saturated carbocycles. The first-order chi connectivity index (χ1) is 23.4. The summed E-state index contributed by atoms with van der Waals surface area (Å²) in [7, 11) is -3.98. The van der Waals surface area contributed by atoms with Gasteiger partial charge in [-0.05, 0) is 65.6 Å². The summed E-state index contributed by atoms with van der Waals surface area (Å²) in [6.07, 6.45) is 2.85. The first-order valence-corrected chi connectivity index (χ1v) is 17.6. The molecule has 0 radical (unpaired) electrons. The van der Waals surface area contributed by atoms with Crippen molar-refractivity contribution in [2.75, 3.05) is 10.5 Å². The average Bonchev–Trinajstić information content (AvgIpc) is 3.45. The fourth-order valence-corrected chi connectivity index (χ4v) is 7.20. The minimum Gasteiger partial charge on any atom is -0.288 e. The molecule has 0 atom stereocenters. The monoisotopic (exact) mass is 737 g/mol. The fraction of sp³-hybridized carbons (Fsp3) is 0.0833. The van der Waals surface area contributed by atoms with E-state index in [1.165, 1.54) is 18.3 Å². The Bertz CT molecular complexity index is 2360. The zero-order valence-corrected chi connectivity index (χ0v) is 28.6. The number of nitrogens with one attached hydrogen (secondary N) is 1. The van der Waals surface area contributed by atoms with Gasteiger partial charge < -0.3 is 0 Å².